The van der Waals surface area contributed by atoms with Crippen molar-refractivity contribution in [1.82, 2.24) is 14.7 Å². The number of piperazine rings is 2. The maximum atomic E-state index is 13.0. The molecule has 2 aliphatic rings. The molecule has 10 heteroatoms. The molecule has 0 aromatic heterocycles. The van der Waals surface area contributed by atoms with Crippen LogP contribution in [0.1, 0.15) is 10.4 Å². The van der Waals surface area contributed by atoms with E-state index in [9.17, 15) is 4.79 Å². The molecule has 0 unspecified atom stereocenters. The number of halogens is 1. The third kappa shape index (κ3) is 6.35. The maximum absolute atomic E-state index is 13.0. The lowest BCUT2D eigenvalue weighted by molar-refractivity contribution is 0.0664. The molecule has 38 heavy (non-hydrogen) atoms. The SMILES string of the molecule is C=N/C(Nc1cc(-c2ccc(C(=O)N3CCN(C)CC3)cc2)ccc1N1CCN(C)CC1)=C(N)\C(Cl)=N/C. The molecule has 202 valence electrons. The van der Waals surface area contributed by atoms with Gasteiger partial charge in [-0.2, -0.15) is 0 Å². The lowest BCUT2D eigenvalue weighted by Crippen LogP contribution is -2.47. The Morgan fingerprint density at radius 1 is 0.921 bits per heavy atom. The van der Waals surface area contributed by atoms with E-state index in [4.69, 9.17) is 17.3 Å². The number of nitrogens with zero attached hydrogens (tertiary/aromatic N) is 6. The van der Waals surface area contributed by atoms with Gasteiger partial charge in [-0.1, -0.05) is 29.8 Å². The molecule has 0 saturated carbocycles. The number of likely N-dealkylation sites (N-methyl/N-ethyl adjacent to an activating group) is 2. The van der Waals surface area contributed by atoms with Crippen LogP contribution >= 0.6 is 11.6 Å². The number of nitrogens with two attached hydrogens (primary N) is 1. The lowest BCUT2D eigenvalue weighted by Gasteiger charge is -2.35. The Kier molecular flexibility index (Phi) is 9.04. The number of carbonyl (C=O) groups is 1. The van der Waals surface area contributed by atoms with Crippen molar-refractivity contribution >= 4 is 40.8 Å². The molecule has 2 aromatic carbocycles. The Morgan fingerprint density at radius 3 is 2.08 bits per heavy atom. The number of aliphatic imine (C=N–C) groups is 2. The standard InChI is InChI=1S/C28H37ClN8O/c1-31-26(29)25(30)27(32-2)33-23-19-22(9-10-24(23)36-15-11-34(3)12-16-36)20-5-7-21(8-6-20)28(38)37-17-13-35(4)14-18-37/h5-10,19,33H,2,11-18,30H2,1,3-4H3/b27-25-,31-26+. The van der Waals surface area contributed by atoms with E-state index < -0.39 is 0 Å². The average Bonchev–Trinajstić information content (AvgIpc) is 2.95. The number of hydrogen-bond donors (Lipinski definition) is 2. The topological polar surface area (TPSA) is 92.8 Å². The Balaban J connectivity index is 1.63. The molecule has 0 atom stereocenters. The highest BCUT2D eigenvalue weighted by atomic mass is 35.5. The summed E-state index contributed by atoms with van der Waals surface area (Å²) in [5.74, 6) is 0.426. The molecule has 2 fully saturated rings. The maximum Gasteiger partial charge on any atom is 0.253 e. The molecule has 0 aliphatic carbocycles. The van der Waals surface area contributed by atoms with E-state index in [1.54, 1.807) is 7.05 Å². The summed E-state index contributed by atoms with van der Waals surface area (Å²) < 4.78 is 0. The zero-order chi connectivity index (χ0) is 27.2. The van der Waals surface area contributed by atoms with Gasteiger partial charge in [-0.05, 0) is 56.2 Å². The van der Waals surface area contributed by atoms with Crippen LogP contribution in [0.15, 0.2) is 64.0 Å². The van der Waals surface area contributed by atoms with Crippen LogP contribution in [-0.2, 0) is 0 Å². The van der Waals surface area contributed by atoms with Crippen molar-refractivity contribution in [2.45, 2.75) is 0 Å². The summed E-state index contributed by atoms with van der Waals surface area (Å²) in [4.78, 5) is 29.9. The molecule has 2 heterocycles. The predicted octanol–water partition coefficient (Wildman–Crippen LogP) is 3.00. The van der Waals surface area contributed by atoms with E-state index in [0.717, 1.165) is 74.9 Å². The van der Waals surface area contributed by atoms with Crippen molar-refractivity contribution in [3.63, 3.8) is 0 Å². The van der Waals surface area contributed by atoms with Crippen LogP contribution in [0.5, 0.6) is 0 Å². The van der Waals surface area contributed by atoms with Gasteiger partial charge in [-0.25, -0.2) is 4.99 Å². The van der Waals surface area contributed by atoms with E-state index >= 15 is 0 Å². The van der Waals surface area contributed by atoms with Crippen LogP contribution in [0.25, 0.3) is 11.1 Å². The summed E-state index contributed by atoms with van der Waals surface area (Å²) in [5.41, 5.74) is 11.0. The second-order valence-corrected chi connectivity index (χ2v) is 10.1. The van der Waals surface area contributed by atoms with Crippen LogP contribution in [0.2, 0.25) is 0 Å². The van der Waals surface area contributed by atoms with Gasteiger partial charge in [0, 0.05) is 65.0 Å². The molecule has 0 radical (unpaired) electrons. The second kappa shape index (κ2) is 12.4. The molecular weight excluding hydrogens is 500 g/mol. The van der Waals surface area contributed by atoms with E-state index in [-0.39, 0.29) is 16.8 Å². The number of benzene rings is 2. The summed E-state index contributed by atoms with van der Waals surface area (Å²) in [6, 6.07) is 14.1. The van der Waals surface area contributed by atoms with Crippen molar-refractivity contribution in [3.8, 4) is 11.1 Å². The molecule has 2 saturated heterocycles. The van der Waals surface area contributed by atoms with Gasteiger partial charge in [0.25, 0.3) is 5.91 Å². The molecular formula is C28H37ClN8O. The highest BCUT2D eigenvalue weighted by Gasteiger charge is 2.21. The molecule has 0 bridgehead atoms. The van der Waals surface area contributed by atoms with Gasteiger partial charge in [0.15, 0.2) is 5.82 Å². The third-order valence-electron chi connectivity index (χ3n) is 7.18. The van der Waals surface area contributed by atoms with Crippen LogP contribution in [0, 0.1) is 0 Å². The summed E-state index contributed by atoms with van der Waals surface area (Å²) in [7, 11) is 5.79. The van der Waals surface area contributed by atoms with Gasteiger partial charge < -0.3 is 30.7 Å². The van der Waals surface area contributed by atoms with Gasteiger partial charge in [-0.3, -0.25) is 9.79 Å². The first kappa shape index (κ1) is 27.6. The van der Waals surface area contributed by atoms with Gasteiger partial charge >= 0.3 is 0 Å². The Morgan fingerprint density at radius 2 is 1.50 bits per heavy atom. The Hall–Kier alpha value is -3.40. The first-order chi connectivity index (χ1) is 18.3. The smallest absolute Gasteiger partial charge is 0.253 e. The number of carbonyl (C=O) groups excluding carboxylic acids is 1. The molecule has 9 nitrogen and oxygen atoms in total. The van der Waals surface area contributed by atoms with Crippen molar-refractivity contribution in [2.75, 3.05) is 83.7 Å². The molecule has 4 rings (SSSR count). The van der Waals surface area contributed by atoms with Gasteiger partial charge in [0.2, 0.25) is 0 Å². The minimum atomic E-state index is 0.0780. The van der Waals surface area contributed by atoms with Crippen molar-refractivity contribution in [1.29, 1.82) is 0 Å². The summed E-state index contributed by atoms with van der Waals surface area (Å²) in [6.07, 6.45) is 0. The number of allylic oxidation sites excluding steroid dienone is 1. The minimum absolute atomic E-state index is 0.0780. The first-order valence-corrected chi connectivity index (χ1v) is 13.2. The quantitative estimate of drug-likeness (QED) is 0.528. The number of rotatable bonds is 7. The van der Waals surface area contributed by atoms with Crippen LogP contribution in [0.4, 0.5) is 11.4 Å². The predicted molar refractivity (Wildman–Crippen MR) is 159 cm³/mol. The van der Waals surface area contributed by atoms with E-state index in [0.29, 0.717) is 11.4 Å². The van der Waals surface area contributed by atoms with Crippen molar-refractivity contribution in [3.05, 3.63) is 59.5 Å². The first-order valence-electron chi connectivity index (χ1n) is 12.8. The normalized spacial score (nSPS) is 18.3. The van der Waals surface area contributed by atoms with Crippen molar-refractivity contribution in [2.24, 2.45) is 15.7 Å². The van der Waals surface area contributed by atoms with Crippen LogP contribution < -0.4 is 16.0 Å². The van der Waals surface area contributed by atoms with E-state index in [1.165, 1.54) is 0 Å². The van der Waals surface area contributed by atoms with E-state index in [1.807, 2.05) is 29.2 Å². The number of amides is 1. The summed E-state index contributed by atoms with van der Waals surface area (Å²) in [6.45, 7) is 10.7. The highest BCUT2D eigenvalue weighted by Crippen LogP contribution is 2.34. The Labute approximate surface area is 230 Å². The number of anilines is 2. The fourth-order valence-electron chi connectivity index (χ4n) is 4.67. The highest BCUT2D eigenvalue weighted by molar-refractivity contribution is 6.69. The monoisotopic (exact) mass is 536 g/mol. The number of nitrogens with one attached hydrogen (secondary N) is 1. The Bertz CT molecular complexity index is 1210. The minimum Gasteiger partial charge on any atom is -0.393 e. The molecule has 0 spiro atoms. The fraction of sp³-hybridized carbons (Fsp3) is 0.393. The van der Waals surface area contributed by atoms with Crippen molar-refractivity contribution < 1.29 is 4.79 Å². The summed E-state index contributed by atoms with van der Waals surface area (Å²) in [5, 5.41) is 3.51. The van der Waals surface area contributed by atoms with Crippen LogP contribution in [0.3, 0.4) is 0 Å². The molecule has 2 aromatic rings. The summed E-state index contributed by atoms with van der Waals surface area (Å²) >= 11 is 6.18. The zero-order valence-electron chi connectivity index (χ0n) is 22.5. The molecule has 1 amide bonds. The van der Waals surface area contributed by atoms with Crippen LogP contribution in [-0.4, -0.2) is 106 Å². The average molecular weight is 537 g/mol. The van der Waals surface area contributed by atoms with E-state index in [2.05, 4.69) is 69.0 Å². The lowest BCUT2D eigenvalue weighted by atomic mass is 10.0. The third-order valence-corrected chi connectivity index (χ3v) is 7.55. The molecule has 2 aliphatic heterocycles. The second-order valence-electron chi connectivity index (χ2n) is 9.75. The van der Waals surface area contributed by atoms with Gasteiger partial charge in [0.05, 0.1) is 11.4 Å². The fourth-order valence-corrected chi connectivity index (χ4v) is 4.76. The van der Waals surface area contributed by atoms with Gasteiger partial charge in [-0.15, -0.1) is 0 Å². The molecule has 3 N–H and O–H groups in total. The largest absolute Gasteiger partial charge is 0.393 e. The number of hydrogen-bond acceptors (Lipinski definition) is 8. The zero-order valence-corrected chi connectivity index (χ0v) is 23.2. The van der Waals surface area contributed by atoms with Gasteiger partial charge in [0.1, 0.15) is 10.9 Å².